The molecule has 2 aliphatic rings. The number of hydrogen-bond donors (Lipinski definition) is 4. The molecule has 1 saturated carbocycles. The lowest BCUT2D eigenvalue weighted by Crippen LogP contribution is -2.42. The molecule has 0 radical (unpaired) electrons. The van der Waals surface area contributed by atoms with Crippen LogP contribution in [0.2, 0.25) is 0 Å². The van der Waals surface area contributed by atoms with E-state index >= 15 is 4.39 Å². The number of halogens is 1. The van der Waals surface area contributed by atoms with E-state index in [-0.39, 0.29) is 24.3 Å². The number of carbonyl (C=O) groups is 2. The van der Waals surface area contributed by atoms with E-state index in [1.54, 1.807) is 18.9 Å². The number of aromatic nitrogens is 2. The van der Waals surface area contributed by atoms with E-state index in [1.165, 1.54) is 0 Å². The summed E-state index contributed by atoms with van der Waals surface area (Å²) in [7, 11) is 1.62. The fourth-order valence-corrected chi connectivity index (χ4v) is 4.31. The summed E-state index contributed by atoms with van der Waals surface area (Å²) in [5.41, 5.74) is 5.08. The lowest BCUT2D eigenvalue weighted by atomic mass is 9.92. The van der Waals surface area contributed by atoms with Gasteiger partial charge in [0.15, 0.2) is 11.6 Å². The first-order valence-electron chi connectivity index (χ1n) is 10.7. The fraction of sp³-hybridized carbons (Fsp3) is 0.700. The van der Waals surface area contributed by atoms with Gasteiger partial charge in [-0.15, -0.1) is 0 Å². The molecular formula is C20H31FN6O4. The molecule has 2 amide bonds. The Balaban J connectivity index is 1.66. The molecule has 0 bridgehead atoms. The highest BCUT2D eigenvalue weighted by Crippen LogP contribution is 2.30. The standard InChI is InChI=1S/C20H31FN6O4/c1-12-23-17(16(21)18(24-12)27-8-7-15(11-27)31-2)25-26-19(28)14(10-22-20(29)30)9-13-5-3-4-6-13/h13-15,22H,3-11H2,1-2H3,(H,26,28)(H,29,30)(H,23,24,25)/t14-,15+/m1/s1. The summed E-state index contributed by atoms with van der Waals surface area (Å²) in [6, 6.07) is 0. The zero-order valence-electron chi connectivity index (χ0n) is 18.0. The van der Waals surface area contributed by atoms with Crippen molar-refractivity contribution in [3.05, 3.63) is 11.6 Å². The normalized spacial score (nSPS) is 20.0. The summed E-state index contributed by atoms with van der Waals surface area (Å²) < 4.78 is 20.4. The Kier molecular flexibility index (Phi) is 7.83. The molecule has 3 rings (SSSR count). The van der Waals surface area contributed by atoms with Gasteiger partial charge in [-0.2, -0.15) is 4.39 Å². The first-order chi connectivity index (χ1) is 14.9. The Morgan fingerprint density at radius 1 is 1.29 bits per heavy atom. The van der Waals surface area contributed by atoms with Crippen LogP contribution in [0.15, 0.2) is 0 Å². The van der Waals surface area contributed by atoms with Gasteiger partial charge < -0.3 is 20.1 Å². The van der Waals surface area contributed by atoms with Gasteiger partial charge in [0.25, 0.3) is 0 Å². The van der Waals surface area contributed by atoms with Crippen molar-refractivity contribution in [2.45, 2.75) is 51.6 Å². The van der Waals surface area contributed by atoms with Gasteiger partial charge in [0, 0.05) is 26.7 Å². The molecular weight excluding hydrogens is 407 g/mol. The van der Waals surface area contributed by atoms with E-state index in [2.05, 4.69) is 26.1 Å². The van der Waals surface area contributed by atoms with Crippen LogP contribution >= 0.6 is 0 Å². The molecule has 11 heteroatoms. The number of nitrogens with one attached hydrogen (secondary N) is 3. The largest absolute Gasteiger partial charge is 0.465 e. The molecule has 2 atom stereocenters. The Bertz CT molecular complexity index is 789. The van der Waals surface area contributed by atoms with Crippen LogP contribution in [0.3, 0.4) is 0 Å². The van der Waals surface area contributed by atoms with Crippen LogP contribution in [0.4, 0.5) is 20.8 Å². The number of hydrogen-bond acceptors (Lipinski definition) is 7. The van der Waals surface area contributed by atoms with Crippen molar-refractivity contribution in [3.8, 4) is 0 Å². The summed E-state index contributed by atoms with van der Waals surface area (Å²) in [5, 5.41) is 11.2. The molecule has 172 valence electrons. The molecule has 0 spiro atoms. The third-order valence-electron chi connectivity index (χ3n) is 5.99. The Labute approximate surface area is 180 Å². The summed E-state index contributed by atoms with van der Waals surface area (Å²) in [5.74, 6) is -0.819. The second-order valence-electron chi connectivity index (χ2n) is 8.23. The van der Waals surface area contributed by atoms with Gasteiger partial charge in [-0.25, -0.2) is 14.8 Å². The first-order valence-corrected chi connectivity index (χ1v) is 10.7. The van der Waals surface area contributed by atoms with E-state index in [0.717, 1.165) is 32.1 Å². The summed E-state index contributed by atoms with van der Waals surface area (Å²) in [6.07, 6.45) is 4.51. The van der Waals surface area contributed by atoms with Crippen LogP contribution < -0.4 is 21.1 Å². The van der Waals surface area contributed by atoms with Crippen LogP contribution in [0.25, 0.3) is 0 Å². The average molecular weight is 439 g/mol. The molecule has 0 unspecified atom stereocenters. The number of rotatable bonds is 9. The molecule has 1 aromatic heterocycles. The molecule has 1 aliphatic heterocycles. The first kappa shape index (κ1) is 23.0. The fourth-order valence-electron chi connectivity index (χ4n) is 4.31. The van der Waals surface area contributed by atoms with E-state index in [9.17, 15) is 9.59 Å². The molecule has 10 nitrogen and oxygen atoms in total. The van der Waals surface area contributed by atoms with Crippen molar-refractivity contribution < 1.29 is 23.8 Å². The summed E-state index contributed by atoms with van der Waals surface area (Å²) in [4.78, 5) is 33.7. The van der Waals surface area contributed by atoms with Crippen molar-refractivity contribution >= 4 is 23.6 Å². The zero-order valence-corrected chi connectivity index (χ0v) is 18.0. The quantitative estimate of drug-likeness (QED) is 0.431. The summed E-state index contributed by atoms with van der Waals surface area (Å²) in [6.45, 7) is 2.80. The Hall–Kier alpha value is -2.69. The lowest BCUT2D eigenvalue weighted by molar-refractivity contribution is -0.124. The smallest absolute Gasteiger partial charge is 0.404 e. The van der Waals surface area contributed by atoms with Crippen LogP contribution in [-0.2, 0) is 9.53 Å². The maximum Gasteiger partial charge on any atom is 0.404 e. The number of aryl methyl sites for hydroxylation is 1. The zero-order chi connectivity index (χ0) is 22.4. The molecule has 1 saturated heterocycles. The van der Waals surface area contributed by atoms with Crippen LogP contribution in [0.5, 0.6) is 0 Å². The van der Waals surface area contributed by atoms with Crippen molar-refractivity contribution in [1.82, 2.24) is 20.7 Å². The van der Waals surface area contributed by atoms with Gasteiger partial charge in [0.2, 0.25) is 11.7 Å². The van der Waals surface area contributed by atoms with E-state index in [0.29, 0.717) is 31.3 Å². The number of nitrogens with zero attached hydrogens (tertiary/aromatic N) is 3. The Morgan fingerprint density at radius 2 is 2.03 bits per heavy atom. The predicted molar refractivity (Wildman–Crippen MR) is 112 cm³/mol. The Morgan fingerprint density at radius 3 is 2.68 bits per heavy atom. The third kappa shape index (κ3) is 6.16. The molecule has 2 fully saturated rings. The van der Waals surface area contributed by atoms with Gasteiger partial charge in [0.05, 0.1) is 12.0 Å². The van der Waals surface area contributed by atoms with E-state index in [4.69, 9.17) is 9.84 Å². The third-order valence-corrected chi connectivity index (χ3v) is 5.99. The minimum atomic E-state index is -1.18. The number of amides is 2. The number of hydrazine groups is 1. The average Bonchev–Trinajstić information content (AvgIpc) is 3.42. The highest BCUT2D eigenvalue weighted by atomic mass is 19.1. The van der Waals surface area contributed by atoms with Gasteiger partial charge in [0.1, 0.15) is 5.82 Å². The minimum absolute atomic E-state index is 0.00205. The maximum atomic E-state index is 15.1. The molecule has 31 heavy (non-hydrogen) atoms. The van der Waals surface area contributed by atoms with E-state index < -0.39 is 23.7 Å². The lowest BCUT2D eigenvalue weighted by Gasteiger charge is -2.22. The molecule has 1 aliphatic carbocycles. The number of carboxylic acid groups (broad SMARTS) is 1. The SMILES string of the molecule is CO[C@H]1CCN(c2nc(C)nc(NNC(=O)[C@@H](CNC(=O)O)CC3CCCC3)c2F)C1. The van der Waals surface area contributed by atoms with Crippen molar-refractivity contribution in [2.24, 2.45) is 11.8 Å². The topological polar surface area (TPSA) is 129 Å². The van der Waals surface area contributed by atoms with Crippen LogP contribution in [0, 0.1) is 24.6 Å². The number of carbonyl (C=O) groups excluding carboxylic acids is 1. The second-order valence-corrected chi connectivity index (χ2v) is 8.23. The second kappa shape index (κ2) is 10.6. The minimum Gasteiger partial charge on any atom is -0.465 e. The maximum absolute atomic E-state index is 15.1. The molecule has 0 aromatic carbocycles. The number of ether oxygens (including phenoxy) is 1. The van der Waals surface area contributed by atoms with Crippen molar-refractivity contribution in [3.63, 3.8) is 0 Å². The van der Waals surface area contributed by atoms with Crippen molar-refractivity contribution in [2.75, 3.05) is 37.1 Å². The highest BCUT2D eigenvalue weighted by molar-refractivity contribution is 5.80. The predicted octanol–water partition coefficient (Wildman–Crippen LogP) is 2.06. The monoisotopic (exact) mass is 438 g/mol. The molecule has 1 aromatic rings. The van der Waals surface area contributed by atoms with Crippen molar-refractivity contribution in [1.29, 1.82) is 0 Å². The van der Waals surface area contributed by atoms with Gasteiger partial charge in [-0.3, -0.25) is 15.6 Å². The van der Waals surface area contributed by atoms with Crippen LogP contribution in [0.1, 0.15) is 44.3 Å². The number of anilines is 2. The van der Waals surface area contributed by atoms with Gasteiger partial charge in [-0.1, -0.05) is 25.7 Å². The summed E-state index contributed by atoms with van der Waals surface area (Å²) >= 11 is 0. The number of methoxy groups -OCH3 is 1. The highest BCUT2D eigenvalue weighted by Gasteiger charge is 2.29. The molecule has 4 N–H and O–H groups in total. The van der Waals surface area contributed by atoms with Gasteiger partial charge in [-0.05, 0) is 25.7 Å². The van der Waals surface area contributed by atoms with Gasteiger partial charge >= 0.3 is 6.09 Å². The molecule has 2 heterocycles. The van der Waals surface area contributed by atoms with E-state index in [1.807, 2.05) is 0 Å². The van der Waals surface area contributed by atoms with Crippen LogP contribution in [-0.4, -0.2) is 59.9 Å².